The van der Waals surface area contributed by atoms with Gasteiger partial charge in [-0.1, -0.05) is 0 Å². The number of amides is 1. The minimum atomic E-state index is -4.57. The van der Waals surface area contributed by atoms with Crippen molar-refractivity contribution < 1.29 is 23.1 Å². The van der Waals surface area contributed by atoms with Crippen molar-refractivity contribution >= 4 is 40.8 Å². The Bertz CT molecular complexity index is 1100. The highest BCUT2D eigenvalue weighted by atomic mass is 32.2. The molecular formula is C22H26F3N7O2S. The molecule has 35 heavy (non-hydrogen) atoms. The molecule has 1 aliphatic rings. The Hall–Kier alpha value is -3.32. The van der Waals surface area contributed by atoms with Crippen LogP contribution in [-0.2, 0) is 4.79 Å². The van der Waals surface area contributed by atoms with E-state index in [9.17, 15) is 23.1 Å². The Morgan fingerprint density at radius 3 is 2.51 bits per heavy atom. The summed E-state index contributed by atoms with van der Waals surface area (Å²) in [6, 6.07) is 7.97. The van der Waals surface area contributed by atoms with E-state index in [4.69, 9.17) is 11.5 Å². The van der Waals surface area contributed by atoms with E-state index in [0.717, 1.165) is 0 Å². The van der Waals surface area contributed by atoms with E-state index in [2.05, 4.69) is 20.3 Å². The molecule has 9 nitrogen and oxygen atoms in total. The number of piperidine rings is 1. The van der Waals surface area contributed by atoms with Crippen LogP contribution in [0.2, 0.25) is 0 Å². The standard InChI is InChI=1S/C22H26F3N7O2S/c1-13(26)10-17(27)29-18-11-19(32-8-6-15(33)7-9-32)31-21(30-18)35-16-4-2-14(3-5-16)28-20(34)12-22(23,24)25/h2-5,10-11,15,33H,6-9,12,26H2,1H3,(H,28,34)(H2,27,29,30,31)/b13-10-. The molecule has 1 aromatic heterocycles. The molecule has 3 rings (SSSR count). The van der Waals surface area contributed by atoms with Gasteiger partial charge in [-0.3, -0.25) is 4.79 Å². The molecule has 0 atom stereocenters. The average molecular weight is 510 g/mol. The van der Waals surface area contributed by atoms with Crippen molar-refractivity contribution in [2.24, 2.45) is 16.5 Å². The largest absolute Gasteiger partial charge is 0.402 e. The summed E-state index contributed by atoms with van der Waals surface area (Å²) in [6.07, 6.45) is -3.73. The number of halogens is 3. The number of rotatable bonds is 7. The molecule has 13 heteroatoms. The number of aliphatic hydroxyl groups excluding tert-OH is 1. The molecule has 188 valence electrons. The SMILES string of the molecule is C/C(N)=C/C(N)=N/c1cc(N2CCC(O)CC2)nc(Sc2ccc(NC(=O)CC(F)(F)F)cc2)n1. The van der Waals surface area contributed by atoms with Gasteiger partial charge in [-0.2, -0.15) is 13.2 Å². The van der Waals surface area contributed by atoms with E-state index in [0.29, 0.717) is 53.3 Å². The van der Waals surface area contributed by atoms with E-state index in [1.165, 1.54) is 30.0 Å². The summed E-state index contributed by atoms with van der Waals surface area (Å²) in [6.45, 7) is 2.92. The normalized spacial score (nSPS) is 15.9. The lowest BCUT2D eigenvalue weighted by Crippen LogP contribution is -2.36. The van der Waals surface area contributed by atoms with Gasteiger partial charge in [0.25, 0.3) is 0 Å². The first-order chi connectivity index (χ1) is 16.5. The van der Waals surface area contributed by atoms with Gasteiger partial charge in [-0.05, 0) is 61.9 Å². The van der Waals surface area contributed by atoms with E-state index in [1.807, 2.05) is 4.90 Å². The van der Waals surface area contributed by atoms with Crippen LogP contribution in [0.3, 0.4) is 0 Å². The molecule has 6 N–H and O–H groups in total. The second-order valence-corrected chi connectivity index (χ2v) is 9.02. The fraction of sp³-hybridized carbons (Fsp3) is 0.364. The highest BCUT2D eigenvalue weighted by Gasteiger charge is 2.31. The maximum Gasteiger partial charge on any atom is 0.397 e. The number of alkyl halides is 3. The molecule has 0 spiro atoms. The second kappa shape index (κ2) is 11.4. The maximum atomic E-state index is 12.4. The molecule has 1 fully saturated rings. The monoisotopic (exact) mass is 509 g/mol. The molecule has 1 saturated heterocycles. The van der Waals surface area contributed by atoms with E-state index in [1.54, 1.807) is 25.1 Å². The van der Waals surface area contributed by atoms with Crippen molar-refractivity contribution in [1.82, 2.24) is 9.97 Å². The zero-order chi connectivity index (χ0) is 25.6. The first-order valence-electron chi connectivity index (χ1n) is 10.7. The summed E-state index contributed by atoms with van der Waals surface area (Å²) in [7, 11) is 0. The van der Waals surface area contributed by atoms with Crippen molar-refractivity contribution in [3.05, 3.63) is 42.1 Å². The smallest absolute Gasteiger partial charge is 0.397 e. The molecule has 1 amide bonds. The fourth-order valence-corrected chi connectivity index (χ4v) is 4.02. The highest BCUT2D eigenvalue weighted by Crippen LogP contribution is 2.31. The quantitative estimate of drug-likeness (QED) is 0.253. The molecule has 0 radical (unpaired) electrons. The summed E-state index contributed by atoms with van der Waals surface area (Å²) >= 11 is 1.22. The molecule has 0 saturated carbocycles. The van der Waals surface area contributed by atoms with E-state index >= 15 is 0 Å². The first kappa shape index (κ1) is 26.3. The van der Waals surface area contributed by atoms with Gasteiger partial charge in [0, 0.05) is 35.4 Å². The Labute approximate surface area is 204 Å². The molecule has 0 unspecified atom stereocenters. The van der Waals surface area contributed by atoms with Crippen LogP contribution < -0.4 is 21.7 Å². The summed E-state index contributed by atoms with van der Waals surface area (Å²) in [5.74, 6) is 0.00107. The zero-order valence-electron chi connectivity index (χ0n) is 18.9. The number of nitrogens with two attached hydrogens (primary N) is 2. The van der Waals surface area contributed by atoms with E-state index < -0.39 is 18.5 Å². The number of aliphatic imine (C=N–C) groups is 1. The van der Waals surface area contributed by atoms with Crippen molar-refractivity contribution in [3.63, 3.8) is 0 Å². The van der Waals surface area contributed by atoms with Crippen LogP contribution in [0.1, 0.15) is 26.2 Å². The number of nitrogens with zero attached hydrogens (tertiary/aromatic N) is 4. The molecule has 1 aromatic carbocycles. The van der Waals surface area contributed by atoms with Crippen LogP contribution in [0, 0.1) is 0 Å². The Balaban J connectivity index is 1.81. The van der Waals surface area contributed by atoms with Gasteiger partial charge in [0.15, 0.2) is 11.0 Å². The van der Waals surface area contributed by atoms with Gasteiger partial charge in [0.2, 0.25) is 5.91 Å². The van der Waals surface area contributed by atoms with Gasteiger partial charge in [0.1, 0.15) is 18.1 Å². The molecule has 0 aliphatic carbocycles. The number of benzene rings is 1. The summed E-state index contributed by atoms with van der Waals surface area (Å²) in [5, 5.41) is 12.4. The molecule has 0 bridgehead atoms. The third-order valence-corrected chi connectivity index (χ3v) is 5.67. The molecule has 1 aliphatic heterocycles. The Morgan fingerprint density at radius 2 is 1.91 bits per heavy atom. The van der Waals surface area contributed by atoms with Gasteiger partial charge in [0.05, 0.1) is 6.10 Å². The second-order valence-electron chi connectivity index (χ2n) is 7.98. The number of nitrogens with one attached hydrogen (secondary N) is 1. The number of anilines is 2. The fourth-order valence-electron chi connectivity index (χ4n) is 3.26. The third-order valence-electron chi connectivity index (χ3n) is 4.79. The lowest BCUT2D eigenvalue weighted by Gasteiger charge is -2.30. The first-order valence-corrected chi connectivity index (χ1v) is 11.5. The summed E-state index contributed by atoms with van der Waals surface area (Å²) < 4.78 is 37.1. The average Bonchev–Trinajstić information content (AvgIpc) is 2.73. The number of allylic oxidation sites excluding steroid dienone is 1. The van der Waals surface area contributed by atoms with Crippen LogP contribution >= 0.6 is 11.8 Å². The Kier molecular flexibility index (Phi) is 8.57. The zero-order valence-corrected chi connectivity index (χ0v) is 19.7. The molecular weight excluding hydrogens is 483 g/mol. The lowest BCUT2D eigenvalue weighted by molar-refractivity contribution is -0.150. The number of aromatic nitrogens is 2. The van der Waals surface area contributed by atoms with Crippen LogP contribution in [0.5, 0.6) is 0 Å². The van der Waals surface area contributed by atoms with Crippen molar-refractivity contribution in [3.8, 4) is 0 Å². The number of aliphatic hydroxyl groups is 1. The third kappa shape index (κ3) is 8.76. The van der Waals surface area contributed by atoms with Crippen molar-refractivity contribution in [2.75, 3.05) is 23.3 Å². The van der Waals surface area contributed by atoms with Gasteiger partial charge < -0.3 is 26.8 Å². The predicted octanol–water partition coefficient (Wildman–Crippen LogP) is 3.33. The van der Waals surface area contributed by atoms with Gasteiger partial charge in [-0.25, -0.2) is 15.0 Å². The molecule has 2 aromatic rings. The highest BCUT2D eigenvalue weighted by molar-refractivity contribution is 7.99. The van der Waals surface area contributed by atoms with Crippen LogP contribution in [0.15, 0.2) is 57.1 Å². The number of carbonyl (C=O) groups excluding carboxylic acids is 1. The number of carbonyl (C=O) groups is 1. The lowest BCUT2D eigenvalue weighted by atomic mass is 10.1. The number of hydrogen-bond acceptors (Lipinski definition) is 8. The number of hydrogen-bond donors (Lipinski definition) is 4. The minimum absolute atomic E-state index is 0.179. The van der Waals surface area contributed by atoms with Crippen LogP contribution in [0.25, 0.3) is 0 Å². The van der Waals surface area contributed by atoms with Crippen molar-refractivity contribution in [1.29, 1.82) is 0 Å². The van der Waals surface area contributed by atoms with Gasteiger partial charge >= 0.3 is 6.18 Å². The summed E-state index contributed by atoms with van der Waals surface area (Å²) in [5.41, 5.74) is 12.3. The van der Waals surface area contributed by atoms with E-state index in [-0.39, 0.29) is 17.6 Å². The molecule has 2 heterocycles. The van der Waals surface area contributed by atoms with Crippen LogP contribution in [0.4, 0.5) is 30.5 Å². The minimum Gasteiger partial charge on any atom is -0.402 e. The maximum absolute atomic E-state index is 12.4. The summed E-state index contributed by atoms with van der Waals surface area (Å²) in [4.78, 5) is 27.6. The van der Waals surface area contributed by atoms with Gasteiger partial charge in [-0.15, -0.1) is 0 Å². The number of amidine groups is 1. The van der Waals surface area contributed by atoms with Crippen molar-refractivity contribution in [2.45, 2.75) is 48.5 Å². The van der Waals surface area contributed by atoms with Crippen LogP contribution in [-0.4, -0.2) is 52.2 Å². The Morgan fingerprint density at radius 1 is 1.26 bits per heavy atom. The topological polar surface area (TPSA) is 143 Å². The predicted molar refractivity (Wildman–Crippen MR) is 129 cm³/mol.